The van der Waals surface area contributed by atoms with Crippen molar-refractivity contribution in [3.63, 3.8) is 0 Å². The second-order valence-electron chi connectivity index (χ2n) is 9.59. The van der Waals surface area contributed by atoms with Crippen LogP contribution in [0.25, 0.3) is 0 Å². The monoisotopic (exact) mass is 563 g/mol. The normalized spacial score (nSPS) is 18.9. The molecule has 12 heteroatoms. The van der Waals surface area contributed by atoms with Gasteiger partial charge in [-0.3, -0.25) is 0 Å². The Balaban J connectivity index is 1.93. The molecule has 39 heavy (non-hydrogen) atoms. The van der Waals surface area contributed by atoms with Gasteiger partial charge in [0.25, 0.3) is 0 Å². The number of alkyl halides is 6. The number of halogens is 7. The number of urea groups is 1. The van der Waals surface area contributed by atoms with Crippen LogP contribution in [-0.2, 0) is 17.1 Å². The lowest BCUT2D eigenvalue weighted by Crippen LogP contribution is -2.45. The van der Waals surface area contributed by atoms with Crippen LogP contribution in [0.3, 0.4) is 0 Å². The van der Waals surface area contributed by atoms with Gasteiger partial charge in [-0.15, -0.1) is 0 Å². The standard InChI is InChI=1S/C27H32F7N3O2/c1-5-39-11-9-35-23-8-10-37(24(23)22-7-6-21(28)12-16(22)2)25(38)36(4)17(3)18-13-19(26(29,30)31)15-20(14-18)27(32,33)34/h6-7,12-15,17,23-24,35H,5,8-11H2,1-4H3/t17-,23?,24?/m0/s1. The number of carbonyl (C=O) groups excluding carboxylic acids is 1. The molecule has 2 aromatic rings. The molecule has 0 saturated carbocycles. The summed E-state index contributed by atoms with van der Waals surface area (Å²) in [7, 11) is 1.34. The number of nitrogens with one attached hydrogen (secondary N) is 1. The Morgan fingerprint density at radius 3 is 2.26 bits per heavy atom. The molecule has 5 nitrogen and oxygen atoms in total. The van der Waals surface area contributed by atoms with Crippen LogP contribution in [0, 0.1) is 12.7 Å². The highest BCUT2D eigenvalue weighted by Crippen LogP contribution is 2.40. The van der Waals surface area contributed by atoms with E-state index in [1.165, 1.54) is 31.0 Å². The highest BCUT2D eigenvalue weighted by Gasteiger charge is 2.41. The predicted molar refractivity (Wildman–Crippen MR) is 132 cm³/mol. The molecule has 0 spiro atoms. The van der Waals surface area contributed by atoms with E-state index < -0.39 is 47.4 Å². The number of amides is 2. The van der Waals surface area contributed by atoms with Crippen molar-refractivity contribution in [2.24, 2.45) is 0 Å². The maximum absolute atomic E-state index is 13.8. The minimum Gasteiger partial charge on any atom is -0.380 e. The lowest BCUT2D eigenvalue weighted by molar-refractivity contribution is -0.143. The molecular weight excluding hydrogens is 531 g/mol. The van der Waals surface area contributed by atoms with Gasteiger partial charge >= 0.3 is 18.4 Å². The van der Waals surface area contributed by atoms with Crippen molar-refractivity contribution in [1.29, 1.82) is 0 Å². The maximum Gasteiger partial charge on any atom is 0.416 e. The largest absolute Gasteiger partial charge is 0.416 e. The molecule has 2 unspecified atom stereocenters. The lowest BCUT2D eigenvalue weighted by Gasteiger charge is -2.35. The van der Waals surface area contributed by atoms with Gasteiger partial charge in [0.1, 0.15) is 5.82 Å². The number of rotatable bonds is 8. The molecule has 1 aliphatic rings. The molecule has 3 rings (SSSR count). The Bertz CT molecular complexity index is 1120. The third kappa shape index (κ3) is 7.21. The van der Waals surface area contributed by atoms with Gasteiger partial charge in [-0.1, -0.05) is 6.07 Å². The maximum atomic E-state index is 13.8. The van der Waals surface area contributed by atoms with Gasteiger partial charge in [0.15, 0.2) is 0 Å². The van der Waals surface area contributed by atoms with E-state index in [0.29, 0.717) is 49.4 Å². The number of ether oxygens (including phenoxy) is 1. The zero-order valence-corrected chi connectivity index (χ0v) is 22.1. The first kappa shape index (κ1) is 30.7. The van der Waals surface area contributed by atoms with Crippen LogP contribution < -0.4 is 5.32 Å². The summed E-state index contributed by atoms with van der Waals surface area (Å²) in [4.78, 5) is 16.3. The first-order chi connectivity index (χ1) is 18.1. The van der Waals surface area contributed by atoms with Crippen molar-refractivity contribution in [3.8, 4) is 0 Å². The van der Waals surface area contributed by atoms with Crippen LogP contribution in [0.2, 0.25) is 0 Å². The van der Waals surface area contributed by atoms with Gasteiger partial charge in [0.05, 0.1) is 29.8 Å². The van der Waals surface area contributed by atoms with Crippen molar-refractivity contribution in [1.82, 2.24) is 15.1 Å². The topological polar surface area (TPSA) is 44.8 Å². The highest BCUT2D eigenvalue weighted by atomic mass is 19.4. The molecule has 216 valence electrons. The van der Waals surface area contributed by atoms with E-state index in [0.717, 1.165) is 4.90 Å². The SMILES string of the molecule is CCOCCNC1CCN(C(=O)N(C)[C@@H](C)c2cc(C(F)(F)F)cc(C(F)(F)F)c2)C1c1ccc(F)cc1C. The second kappa shape index (κ2) is 12.1. The zero-order valence-electron chi connectivity index (χ0n) is 22.1. The van der Waals surface area contributed by atoms with Crippen LogP contribution >= 0.6 is 0 Å². The Kier molecular flexibility index (Phi) is 9.53. The first-order valence-corrected chi connectivity index (χ1v) is 12.5. The Labute approximate surface area is 222 Å². The van der Waals surface area contributed by atoms with E-state index in [-0.39, 0.29) is 24.2 Å². The molecule has 2 amide bonds. The van der Waals surface area contributed by atoms with Crippen molar-refractivity contribution in [2.75, 3.05) is 33.4 Å². The summed E-state index contributed by atoms with van der Waals surface area (Å²) >= 11 is 0. The molecule has 1 saturated heterocycles. The van der Waals surface area contributed by atoms with E-state index in [9.17, 15) is 35.5 Å². The average Bonchev–Trinajstić information content (AvgIpc) is 3.27. The summed E-state index contributed by atoms with van der Waals surface area (Å²) in [5.41, 5.74) is -1.89. The number of nitrogens with zero attached hydrogens (tertiary/aromatic N) is 2. The first-order valence-electron chi connectivity index (χ1n) is 12.5. The van der Waals surface area contributed by atoms with Crippen LogP contribution in [-0.4, -0.2) is 55.2 Å². The lowest BCUT2D eigenvalue weighted by atomic mass is 9.95. The van der Waals surface area contributed by atoms with Crippen molar-refractivity contribution in [2.45, 2.75) is 57.7 Å². The van der Waals surface area contributed by atoms with Crippen LogP contribution in [0.15, 0.2) is 36.4 Å². The van der Waals surface area contributed by atoms with Crippen LogP contribution in [0.4, 0.5) is 35.5 Å². The van der Waals surface area contributed by atoms with E-state index in [1.54, 1.807) is 13.0 Å². The van der Waals surface area contributed by atoms with E-state index in [2.05, 4.69) is 5.32 Å². The number of hydrogen-bond acceptors (Lipinski definition) is 3. The highest BCUT2D eigenvalue weighted by molar-refractivity contribution is 5.76. The second-order valence-corrected chi connectivity index (χ2v) is 9.59. The smallest absolute Gasteiger partial charge is 0.380 e. The Hall–Kier alpha value is -2.86. The van der Waals surface area contributed by atoms with E-state index in [4.69, 9.17) is 4.74 Å². The van der Waals surface area contributed by atoms with Crippen LogP contribution in [0.5, 0.6) is 0 Å². The molecule has 0 aromatic heterocycles. The molecule has 1 aliphatic heterocycles. The molecular formula is C27H32F7N3O2. The Morgan fingerprint density at radius 1 is 1.10 bits per heavy atom. The number of aryl methyl sites for hydroxylation is 1. The summed E-state index contributed by atoms with van der Waals surface area (Å²) in [5, 5.41) is 3.36. The zero-order chi connectivity index (χ0) is 29.1. The average molecular weight is 564 g/mol. The van der Waals surface area contributed by atoms with Gasteiger partial charge in [-0.05, 0) is 74.2 Å². The minimum atomic E-state index is -5.00. The number of carbonyl (C=O) groups is 1. The van der Waals surface area contributed by atoms with Gasteiger partial charge in [-0.2, -0.15) is 26.3 Å². The number of benzene rings is 2. The molecule has 0 bridgehead atoms. The quantitative estimate of drug-likeness (QED) is 0.286. The summed E-state index contributed by atoms with van der Waals surface area (Å²) < 4.78 is 99.6. The molecule has 1 N–H and O–H groups in total. The van der Waals surface area contributed by atoms with Gasteiger partial charge in [-0.25, -0.2) is 9.18 Å². The summed E-state index contributed by atoms with van der Waals surface area (Å²) in [5.74, 6) is -0.441. The number of hydrogen-bond donors (Lipinski definition) is 1. The van der Waals surface area contributed by atoms with Gasteiger partial charge in [0, 0.05) is 32.8 Å². The van der Waals surface area contributed by atoms with Crippen molar-refractivity contribution in [3.05, 3.63) is 70.0 Å². The van der Waals surface area contributed by atoms with E-state index >= 15 is 0 Å². The summed E-state index contributed by atoms with van der Waals surface area (Å²) in [6.45, 7) is 6.69. The molecule has 2 aromatic carbocycles. The van der Waals surface area contributed by atoms with E-state index in [1.807, 2.05) is 6.92 Å². The molecule has 1 heterocycles. The van der Waals surface area contributed by atoms with Crippen LogP contribution in [0.1, 0.15) is 60.2 Å². The number of likely N-dealkylation sites (tertiary alicyclic amines) is 1. The fourth-order valence-corrected chi connectivity index (χ4v) is 4.85. The predicted octanol–water partition coefficient (Wildman–Crippen LogP) is 6.73. The van der Waals surface area contributed by atoms with Crippen molar-refractivity contribution < 1.29 is 40.3 Å². The Morgan fingerprint density at radius 2 is 1.72 bits per heavy atom. The third-order valence-corrected chi connectivity index (χ3v) is 7.03. The van der Waals surface area contributed by atoms with Gasteiger partial charge in [0.2, 0.25) is 0 Å². The molecule has 0 radical (unpaired) electrons. The molecule has 1 fully saturated rings. The van der Waals surface area contributed by atoms with Gasteiger partial charge < -0.3 is 19.9 Å². The third-order valence-electron chi connectivity index (χ3n) is 7.03. The minimum absolute atomic E-state index is 0.0599. The summed E-state index contributed by atoms with van der Waals surface area (Å²) in [6.07, 6.45) is -9.47. The molecule has 3 atom stereocenters. The molecule has 0 aliphatic carbocycles. The van der Waals surface area contributed by atoms with Crippen molar-refractivity contribution >= 4 is 6.03 Å². The fourth-order valence-electron chi connectivity index (χ4n) is 4.85. The fraction of sp³-hybridized carbons (Fsp3) is 0.519. The summed E-state index contributed by atoms with van der Waals surface area (Å²) in [6, 6.07) is 3.09.